The molecule has 1 aromatic carbocycles. The predicted octanol–water partition coefficient (Wildman–Crippen LogP) is 3.26. The third-order valence-electron chi connectivity index (χ3n) is 2.62. The second-order valence-corrected chi connectivity index (χ2v) is 4.38. The molecule has 0 atom stereocenters. The molecule has 0 saturated carbocycles. The molecule has 0 bridgehead atoms. The van der Waals surface area contributed by atoms with E-state index >= 15 is 0 Å². The van der Waals surface area contributed by atoms with Gasteiger partial charge in [0.2, 0.25) is 0 Å². The van der Waals surface area contributed by atoms with Crippen molar-refractivity contribution >= 4 is 23.2 Å². The quantitative estimate of drug-likeness (QED) is 0.668. The summed E-state index contributed by atoms with van der Waals surface area (Å²) >= 11 is 5.87. The second-order valence-electron chi connectivity index (χ2n) is 3.99. The molecule has 1 aromatic heterocycles. The average molecular weight is 277 g/mol. The molecule has 1 heterocycles. The molecule has 1 amide bonds. The van der Waals surface area contributed by atoms with Gasteiger partial charge >= 0.3 is 0 Å². The predicted molar refractivity (Wildman–Crippen MR) is 74.7 cm³/mol. The summed E-state index contributed by atoms with van der Waals surface area (Å²) in [6.45, 7) is 1.93. The number of hydrogen-bond acceptors (Lipinski definition) is 3. The topological polar surface area (TPSA) is 62.2 Å². The van der Waals surface area contributed by atoms with Crippen LogP contribution in [0.3, 0.4) is 0 Å². The lowest BCUT2D eigenvalue weighted by atomic mass is 10.2. The highest BCUT2D eigenvalue weighted by Crippen LogP contribution is 2.22. The largest absolute Gasteiger partial charge is 0.506 e. The molecule has 0 radical (unpaired) electrons. The first-order valence-electron chi connectivity index (χ1n) is 5.86. The van der Waals surface area contributed by atoms with Crippen LogP contribution in [0.15, 0.2) is 36.4 Å². The fourth-order valence-electron chi connectivity index (χ4n) is 1.64. The van der Waals surface area contributed by atoms with Crippen molar-refractivity contribution in [1.29, 1.82) is 0 Å². The van der Waals surface area contributed by atoms with Gasteiger partial charge in [0.25, 0.3) is 5.91 Å². The molecular formula is C14H13ClN2O2. The number of pyridine rings is 1. The molecule has 4 nitrogen and oxygen atoms in total. The fraction of sp³-hybridized carbons (Fsp3) is 0.143. The van der Waals surface area contributed by atoms with Gasteiger partial charge in [-0.25, -0.2) is 4.98 Å². The number of aryl methyl sites for hydroxylation is 1. The van der Waals surface area contributed by atoms with E-state index in [1.54, 1.807) is 24.3 Å². The molecule has 0 spiro atoms. The molecule has 2 N–H and O–H groups in total. The van der Waals surface area contributed by atoms with E-state index in [1.807, 2.05) is 6.92 Å². The van der Waals surface area contributed by atoms with Crippen molar-refractivity contribution in [3.8, 4) is 5.75 Å². The first-order valence-corrected chi connectivity index (χ1v) is 6.23. The number of rotatable bonds is 3. The van der Waals surface area contributed by atoms with Crippen molar-refractivity contribution in [3.63, 3.8) is 0 Å². The Kier molecular flexibility index (Phi) is 4.02. The van der Waals surface area contributed by atoms with Crippen LogP contribution in [-0.2, 0) is 6.42 Å². The number of nitrogens with one attached hydrogen (secondary N) is 1. The van der Waals surface area contributed by atoms with E-state index in [-0.39, 0.29) is 16.8 Å². The van der Waals surface area contributed by atoms with Crippen molar-refractivity contribution in [2.75, 3.05) is 5.32 Å². The molecule has 2 rings (SSSR count). The van der Waals surface area contributed by atoms with E-state index in [0.29, 0.717) is 17.7 Å². The van der Waals surface area contributed by atoms with Gasteiger partial charge in [0.1, 0.15) is 10.9 Å². The maximum atomic E-state index is 12.1. The Labute approximate surface area is 116 Å². The minimum Gasteiger partial charge on any atom is -0.506 e. The number of halogens is 1. The van der Waals surface area contributed by atoms with E-state index in [2.05, 4.69) is 10.3 Å². The van der Waals surface area contributed by atoms with E-state index < -0.39 is 0 Å². The van der Waals surface area contributed by atoms with Crippen LogP contribution in [0.1, 0.15) is 23.0 Å². The monoisotopic (exact) mass is 276 g/mol. The lowest BCUT2D eigenvalue weighted by molar-refractivity contribution is 0.102. The number of amides is 1. The molecule has 19 heavy (non-hydrogen) atoms. The number of hydrogen-bond donors (Lipinski definition) is 2. The van der Waals surface area contributed by atoms with Crippen molar-refractivity contribution < 1.29 is 9.90 Å². The lowest BCUT2D eigenvalue weighted by Crippen LogP contribution is -2.12. The molecule has 0 saturated heterocycles. The first-order chi connectivity index (χ1) is 9.10. The average Bonchev–Trinajstić information content (AvgIpc) is 2.40. The summed E-state index contributed by atoms with van der Waals surface area (Å²) < 4.78 is 0. The van der Waals surface area contributed by atoms with Crippen molar-refractivity contribution in [3.05, 3.63) is 52.8 Å². The summed E-state index contributed by atoms with van der Waals surface area (Å²) in [6.07, 6.45) is 0.692. The van der Waals surface area contributed by atoms with Gasteiger partial charge in [-0.1, -0.05) is 30.7 Å². The van der Waals surface area contributed by atoms with Gasteiger partial charge < -0.3 is 10.4 Å². The van der Waals surface area contributed by atoms with E-state index in [9.17, 15) is 9.90 Å². The van der Waals surface area contributed by atoms with Crippen molar-refractivity contribution in [1.82, 2.24) is 4.98 Å². The van der Waals surface area contributed by atoms with Gasteiger partial charge in [0.15, 0.2) is 0 Å². The number of para-hydroxylation sites is 2. The van der Waals surface area contributed by atoms with Gasteiger partial charge in [-0.3, -0.25) is 4.79 Å². The summed E-state index contributed by atoms with van der Waals surface area (Å²) in [6, 6.07) is 9.72. The second kappa shape index (κ2) is 5.71. The van der Waals surface area contributed by atoms with Crippen molar-refractivity contribution in [2.45, 2.75) is 13.3 Å². The molecule has 0 unspecified atom stereocenters. The normalized spacial score (nSPS) is 10.2. The Morgan fingerprint density at radius 3 is 2.79 bits per heavy atom. The molecular weight excluding hydrogens is 264 g/mol. The van der Waals surface area contributed by atoms with Crippen molar-refractivity contribution in [2.24, 2.45) is 0 Å². The Hall–Kier alpha value is -2.07. The number of benzene rings is 1. The van der Waals surface area contributed by atoms with Crippen LogP contribution in [0.4, 0.5) is 5.69 Å². The SMILES string of the molecule is CCc1cc(C(=O)Nc2ccccc2O)cc(Cl)n1. The van der Waals surface area contributed by atoms with Crippen LogP contribution in [0.25, 0.3) is 0 Å². The highest BCUT2D eigenvalue weighted by molar-refractivity contribution is 6.29. The molecule has 5 heteroatoms. The number of phenolic OH excluding ortho intramolecular Hbond substituents is 1. The van der Waals surface area contributed by atoms with Gasteiger partial charge in [-0.05, 0) is 30.7 Å². The molecule has 0 aliphatic rings. The zero-order valence-corrected chi connectivity index (χ0v) is 11.1. The number of nitrogens with zero attached hydrogens (tertiary/aromatic N) is 1. The zero-order valence-electron chi connectivity index (χ0n) is 10.4. The number of carbonyl (C=O) groups is 1. The first kappa shape index (κ1) is 13.4. The van der Waals surface area contributed by atoms with E-state index in [0.717, 1.165) is 5.69 Å². The maximum absolute atomic E-state index is 12.1. The summed E-state index contributed by atoms with van der Waals surface area (Å²) in [4.78, 5) is 16.2. The minimum absolute atomic E-state index is 0.0201. The highest BCUT2D eigenvalue weighted by Gasteiger charge is 2.10. The number of aromatic hydroxyl groups is 1. The summed E-state index contributed by atoms with van der Waals surface area (Å²) in [7, 11) is 0. The molecule has 2 aromatic rings. The van der Waals surface area contributed by atoms with Gasteiger partial charge in [0, 0.05) is 11.3 Å². The fourth-order valence-corrected chi connectivity index (χ4v) is 1.86. The van der Waals surface area contributed by atoms with Crippen LogP contribution in [0.5, 0.6) is 5.75 Å². The number of anilines is 1. The number of phenols is 1. The third-order valence-corrected chi connectivity index (χ3v) is 2.82. The Bertz CT molecular complexity index is 614. The molecule has 0 fully saturated rings. The van der Waals surface area contributed by atoms with Crippen LogP contribution in [-0.4, -0.2) is 16.0 Å². The van der Waals surface area contributed by atoms with Gasteiger partial charge in [-0.2, -0.15) is 0 Å². The minimum atomic E-state index is -0.333. The van der Waals surface area contributed by atoms with Crippen LogP contribution < -0.4 is 5.32 Å². The molecule has 0 aliphatic heterocycles. The van der Waals surface area contributed by atoms with Crippen LogP contribution in [0, 0.1) is 0 Å². The number of carbonyl (C=O) groups excluding carboxylic acids is 1. The Morgan fingerprint density at radius 2 is 2.11 bits per heavy atom. The number of aromatic nitrogens is 1. The zero-order chi connectivity index (χ0) is 13.8. The van der Waals surface area contributed by atoms with Gasteiger partial charge in [-0.15, -0.1) is 0 Å². The smallest absolute Gasteiger partial charge is 0.255 e. The van der Waals surface area contributed by atoms with Gasteiger partial charge in [0.05, 0.1) is 5.69 Å². The lowest BCUT2D eigenvalue weighted by Gasteiger charge is -2.08. The summed E-state index contributed by atoms with van der Waals surface area (Å²) in [5, 5.41) is 12.5. The Balaban J connectivity index is 2.25. The molecule has 0 aliphatic carbocycles. The summed E-state index contributed by atoms with van der Waals surface area (Å²) in [5.74, 6) is -0.313. The van der Waals surface area contributed by atoms with Crippen LogP contribution in [0.2, 0.25) is 5.15 Å². The van der Waals surface area contributed by atoms with E-state index in [4.69, 9.17) is 11.6 Å². The van der Waals surface area contributed by atoms with E-state index in [1.165, 1.54) is 12.1 Å². The summed E-state index contributed by atoms with van der Waals surface area (Å²) in [5.41, 5.74) is 1.52. The molecule has 98 valence electrons. The third kappa shape index (κ3) is 3.23. The standard InChI is InChI=1S/C14H13ClN2O2/c1-2-10-7-9(8-13(15)16-10)14(19)17-11-5-3-4-6-12(11)18/h3-8,18H,2H2,1H3,(H,17,19). The highest BCUT2D eigenvalue weighted by atomic mass is 35.5. The maximum Gasteiger partial charge on any atom is 0.255 e. The van der Waals surface area contributed by atoms with Crippen LogP contribution >= 0.6 is 11.6 Å². The Morgan fingerprint density at radius 1 is 1.37 bits per heavy atom.